The average Bonchev–Trinajstić information content (AvgIpc) is 2.65. The Morgan fingerprint density at radius 1 is 1.29 bits per heavy atom. The molecular formula is C21H21F2N3O2. The van der Waals surface area contributed by atoms with E-state index in [1.54, 1.807) is 13.0 Å². The number of amides is 1. The van der Waals surface area contributed by atoms with Crippen LogP contribution in [0.2, 0.25) is 0 Å². The van der Waals surface area contributed by atoms with E-state index < -0.39 is 23.6 Å². The van der Waals surface area contributed by atoms with Crippen molar-refractivity contribution in [2.45, 2.75) is 26.8 Å². The number of nitrogens with zero attached hydrogens (tertiary/aromatic N) is 1. The predicted octanol–water partition coefficient (Wildman–Crippen LogP) is 4.37. The molecule has 0 bridgehead atoms. The van der Waals surface area contributed by atoms with Gasteiger partial charge in [0.25, 0.3) is 5.91 Å². The monoisotopic (exact) mass is 385 g/mol. The number of benzene rings is 2. The van der Waals surface area contributed by atoms with Crippen molar-refractivity contribution in [3.8, 4) is 11.8 Å². The van der Waals surface area contributed by atoms with E-state index in [1.807, 2.05) is 32.0 Å². The molecule has 2 rings (SSSR count). The number of hydrogen-bond acceptors (Lipinski definition) is 4. The molecule has 2 N–H and O–H groups in total. The van der Waals surface area contributed by atoms with Gasteiger partial charge < -0.3 is 15.4 Å². The van der Waals surface area contributed by atoms with Gasteiger partial charge in [0.15, 0.2) is 0 Å². The first-order chi connectivity index (χ1) is 13.3. The number of nitrogens with one attached hydrogen (secondary N) is 2. The largest absolute Gasteiger partial charge is 0.494 e. The van der Waals surface area contributed by atoms with Crippen LogP contribution in [0.3, 0.4) is 0 Å². The second-order valence-electron chi connectivity index (χ2n) is 6.11. The Labute approximate surface area is 162 Å². The molecule has 0 aliphatic heterocycles. The van der Waals surface area contributed by atoms with Crippen LogP contribution in [-0.2, 0) is 4.79 Å². The number of halogens is 2. The quantitative estimate of drug-likeness (QED) is 0.548. The number of ether oxygens (including phenoxy) is 1. The molecule has 1 amide bonds. The van der Waals surface area contributed by atoms with E-state index in [0.717, 1.165) is 23.4 Å². The summed E-state index contributed by atoms with van der Waals surface area (Å²) in [5, 5.41) is 14.5. The van der Waals surface area contributed by atoms with Crippen LogP contribution < -0.4 is 15.4 Å². The summed E-state index contributed by atoms with van der Waals surface area (Å²) in [4.78, 5) is 12.4. The Kier molecular flexibility index (Phi) is 7.10. The molecule has 1 unspecified atom stereocenters. The standard InChI is InChI=1S/C21H21F2N3O2/c1-4-28-20-8-5-13(2)9-17(20)14(3)26-21(27)15(11-24)12-25-19-7-6-16(22)10-18(19)23/h5-10,12,14,25H,4H2,1-3H3,(H,26,27)/b15-12-. The lowest BCUT2D eigenvalue weighted by Crippen LogP contribution is -2.28. The third-order valence-corrected chi connectivity index (χ3v) is 3.95. The molecule has 0 aliphatic rings. The van der Waals surface area contributed by atoms with Gasteiger partial charge in [-0.05, 0) is 39.0 Å². The van der Waals surface area contributed by atoms with Crippen LogP contribution in [0.15, 0.2) is 48.2 Å². The van der Waals surface area contributed by atoms with Gasteiger partial charge in [0.1, 0.15) is 29.0 Å². The zero-order chi connectivity index (χ0) is 20.7. The number of anilines is 1. The second kappa shape index (κ2) is 9.51. The van der Waals surface area contributed by atoms with Crippen molar-refractivity contribution in [3.63, 3.8) is 0 Å². The lowest BCUT2D eigenvalue weighted by molar-refractivity contribution is -0.117. The molecule has 146 valence electrons. The highest BCUT2D eigenvalue weighted by Crippen LogP contribution is 2.26. The second-order valence-corrected chi connectivity index (χ2v) is 6.11. The van der Waals surface area contributed by atoms with Crippen molar-refractivity contribution in [3.05, 3.63) is 70.9 Å². The maximum atomic E-state index is 13.7. The molecule has 0 spiro atoms. The Morgan fingerprint density at radius 2 is 2.04 bits per heavy atom. The molecule has 0 heterocycles. The first-order valence-corrected chi connectivity index (χ1v) is 8.71. The Hall–Kier alpha value is -3.40. The molecule has 7 heteroatoms. The third kappa shape index (κ3) is 5.30. The highest BCUT2D eigenvalue weighted by atomic mass is 19.1. The van der Waals surface area contributed by atoms with Crippen molar-refractivity contribution >= 4 is 11.6 Å². The SMILES string of the molecule is CCOc1ccc(C)cc1C(C)NC(=O)/C(C#N)=C\Nc1ccc(F)cc1F. The van der Waals surface area contributed by atoms with Gasteiger partial charge in [0.05, 0.1) is 18.3 Å². The molecule has 0 saturated carbocycles. The van der Waals surface area contributed by atoms with Gasteiger partial charge in [-0.2, -0.15) is 5.26 Å². The zero-order valence-corrected chi connectivity index (χ0v) is 15.8. The van der Waals surface area contributed by atoms with Crippen molar-refractivity contribution in [1.82, 2.24) is 5.32 Å². The molecule has 0 saturated heterocycles. The number of rotatable bonds is 7. The normalized spacial score (nSPS) is 12.1. The van der Waals surface area contributed by atoms with Gasteiger partial charge in [-0.3, -0.25) is 4.79 Å². The van der Waals surface area contributed by atoms with Gasteiger partial charge in [-0.25, -0.2) is 8.78 Å². The van der Waals surface area contributed by atoms with E-state index in [2.05, 4.69) is 10.6 Å². The Bertz CT molecular complexity index is 936. The minimum absolute atomic E-state index is 0.0488. The summed E-state index contributed by atoms with van der Waals surface area (Å²) >= 11 is 0. The first-order valence-electron chi connectivity index (χ1n) is 8.71. The van der Waals surface area contributed by atoms with Crippen LogP contribution in [0.1, 0.15) is 31.0 Å². The Morgan fingerprint density at radius 3 is 2.68 bits per heavy atom. The van der Waals surface area contributed by atoms with Crippen LogP contribution in [0.4, 0.5) is 14.5 Å². The fourth-order valence-corrected chi connectivity index (χ4v) is 2.55. The summed E-state index contributed by atoms with van der Waals surface area (Å²) in [6, 6.07) is 9.94. The van der Waals surface area contributed by atoms with Crippen LogP contribution in [-0.4, -0.2) is 12.5 Å². The zero-order valence-electron chi connectivity index (χ0n) is 15.8. The third-order valence-electron chi connectivity index (χ3n) is 3.95. The molecule has 28 heavy (non-hydrogen) atoms. The summed E-state index contributed by atoms with van der Waals surface area (Å²) in [6.45, 7) is 6.05. The first kappa shape index (κ1) is 20.9. The lowest BCUT2D eigenvalue weighted by atomic mass is 10.0. The maximum absolute atomic E-state index is 13.7. The maximum Gasteiger partial charge on any atom is 0.263 e. The van der Waals surface area contributed by atoms with Gasteiger partial charge >= 0.3 is 0 Å². The lowest BCUT2D eigenvalue weighted by Gasteiger charge is -2.18. The van der Waals surface area contributed by atoms with Crippen LogP contribution in [0, 0.1) is 29.9 Å². The van der Waals surface area contributed by atoms with E-state index >= 15 is 0 Å². The molecule has 5 nitrogen and oxygen atoms in total. The molecule has 2 aromatic rings. The number of carbonyl (C=O) groups is 1. The molecule has 0 aromatic heterocycles. The summed E-state index contributed by atoms with van der Waals surface area (Å²) in [5.74, 6) is -1.53. The number of carbonyl (C=O) groups excluding carboxylic acids is 1. The fourth-order valence-electron chi connectivity index (χ4n) is 2.55. The van der Waals surface area contributed by atoms with Crippen LogP contribution >= 0.6 is 0 Å². The summed E-state index contributed by atoms with van der Waals surface area (Å²) in [5.41, 5.74) is 1.49. The van der Waals surface area contributed by atoms with Crippen molar-refractivity contribution in [1.29, 1.82) is 5.26 Å². The molecule has 1 atom stereocenters. The minimum atomic E-state index is -0.830. The van der Waals surface area contributed by atoms with E-state index in [4.69, 9.17) is 4.74 Å². The van der Waals surface area contributed by atoms with Crippen LogP contribution in [0.25, 0.3) is 0 Å². The van der Waals surface area contributed by atoms with Crippen molar-refractivity contribution in [2.24, 2.45) is 0 Å². The van der Waals surface area contributed by atoms with E-state index in [0.29, 0.717) is 18.4 Å². The average molecular weight is 385 g/mol. The molecule has 0 fully saturated rings. The molecule has 2 aromatic carbocycles. The van der Waals surface area contributed by atoms with Crippen LogP contribution in [0.5, 0.6) is 5.75 Å². The highest BCUT2D eigenvalue weighted by Gasteiger charge is 2.17. The topological polar surface area (TPSA) is 74.1 Å². The molecule has 0 radical (unpaired) electrons. The van der Waals surface area contributed by atoms with E-state index in [-0.39, 0.29) is 11.3 Å². The van der Waals surface area contributed by atoms with Gasteiger partial charge in [0.2, 0.25) is 0 Å². The Balaban J connectivity index is 2.15. The highest BCUT2D eigenvalue weighted by molar-refractivity contribution is 5.97. The summed E-state index contributed by atoms with van der Waals surface area (Å²) < 4.78 is 32.2. The summed E-state index contributed by atoms with van der Waals surface area (Å²) in [7, 11) is 0. The fraction of sp³-hybridized carbons (Fsp3) is 0.238. The minimum Gasteiger partial charge on any atom is -0.494 e. The predicted molar refractivity (Wildman–Crippen MR) is 103 cm³/mol. The number of nitriles is 1. The number of aryl methyl sites for hydroxylation is 1. The summed E-state index contributed by atoms with van der Waals surface area (Å²) in [6.07, 6.45) is 1.08. The number of hydrogen-bond donors (Lipinski definition) is 2. The van der Waals surface area contributed by atoms with E-state index in [1.165, 1.54) is 6.07 Å². The smallest absolute Gasteiger partial charge is 0.263 e. The van der Waals surface area contributed by atoms with Gasteiger partial charge in [0, 0.05) is 17.8 Å². The molecule has 0 aliphatic carbocycles. The van der Waals surface area contributed by atoms with Crippen molar-refractivity contribution in [2.75, 3.05) is 11.9 Å². The van der Waals surface area contributed by atoms with Gasteiger partial charge in [-0.15, -0.1) is 0 Å². The van der Waals surface area contributed by atoms with E-state index in [9.17, 15) is 18.8 Å². The van der Waals surface area contributed by atoms with Crippen molar-refractivity contribution < 1.29 is 18.3 Å². The van der Waals surface area contributed by atoms with Gasteiger partial charge in [-0.1, -0.05) is 17.7 Å². The molecular weight excluding hydrogens is 364 g/mol.